The summed E-state index contributed by atoms with van der Waals surface area (Å²) in [4.78, 5) is 16.0. The maximum Gasteiger partial charge on any atom is 0.222 e. The van der Waals surface area contributed by atoms with Gasteiger partial charge in [0.05, 0.1) is 6.54 Å². The Morgan fingerprint density at radius 3 is 2.59 bits per heavy atom. The van der Waals surface area contributed by atoms with Crippen LogP contribution in [0.4, 0.5) is 5.69 Å². The van der Waals surface area contributed by atoms with Crippen molar-refractivity contribution in [1.82, 2.24) is 5.32 Å². The number of amides is 1. The zero-order chi connectivity index (χ0) is 15.8. The Labute approximate surface area is 132 Å². The second kappa shape index (κ2) is 8.41. The summed E-state index contributed by atoms with van der Waals surface area (Å²) >= 11 is 0. The summed E-state index contributed by atoms with van der Waals surface area (Å²) in [5.41, 5.74) is 7.92. The predicted molar refractivity (Wildman–Crippen MR) is 90.9 cm³/mol. The highest BCUT2D eigenvalue weighted by molar-refractivity contribution is 5.92. The average molecular weight is 302 g/mol. The lowest BCUT2D eigenvalue weighted by atomic mass is 9.95. The van der Waals surface area contributed by atoms with E-state index in [1.54, 1.807) is 0 Å². The Kier molecular flexibility index (Phi) is 6.25. The van der Waals surface area contributed by atoms with Crippen molar-refractivity contribution in [1.29, 1.82) is 0 Å². The van der Waals surface area contributed by atoms with Crippen molar-refractivity contribution in [3.05, 3.63) is 29.8 Å². The molecule has 0 heterocycles. The van der Waals surface area contributed by atoms with Gasteiger partial charge in [-0.25, -0.2) is 0 Å². The summed E-state index contributed by atoms with van der Waals surface area (Å²) in [6, 6.07) is 8.27. The minimum Gasteiger partial charge on any atom is -0.370 e. The number of aryl methyl sites for hydroxylation is 1. The van der Waals surface area contributed by atoms with Crippen LogP contribution < -0.4 is 16.4 Å². The van der Waals surface area contributed by atoms with E-state index in [4.69, 9.17) is 5.73 Å². The highest BCUT2D eigenvalue weighted by atomic mass is 16.1. The maximum absolute atomic E-state index is 11.8. The van der Waals surface area contributed by atoms with Gasteiger partial charge in [-0.3, -0.25) is 9.79 Å². The van der Waals surface area contributed by atoms with Crippen LogP contribution in [0.1, 0.15) is 44.1 Å². The smallest absolute Gasteiger partial charge is 0.222 e. The fourth-order valence-electron chi connectivity index (χ4n) is 2.65. The monoisotopic (exact) mass is 302 g/mol. The lowest BCUT2D eigenvalue weighted by Gasteiger charge is -2.22. The van der Waals surface area contributed by atoms with E-state index in [0.717, 1.165) is 18.5 Å². The fraction of sp³-hybridized carbons (Fsp3) is 0.529. The van der Waals surface area contributed by atoms with E-state index >= 15 is 0 Å². The molecule has 22 heavy (non-hydrogen) atoms. The summed E-state index contributed by atoms with van der Waals surface area (Å²) in [5.74, 6) is 0.410. The molecule has 0 spiro atoms. The standard InChI is InChI=1S/C17H26N4O/c1-13-7-9-15(10-8-13)21-17(18)19-12-11-16(22)20-14-5-3-2-4-6-14/h7-10,14H,2-6,11-12H2,1H3,(H,20,22)(H3,18,19,21). The Morgan fingerprint density at radius 1 is 1.23 bits per heavy atom. The molecule has 0 bridgehead atoms. The third kappa shape index (κ3) is 5.76. The van der Waals surface area contributed by atoms with Crippen LogP contribution in [0.5, 0.6) is 0 Å². The fourth-order valence-corrected chi connectivity index (χ4v) is 2.65. The number of nitrogens with one attached hydrogen (secondary N) is 2. The second-order valence-corrected chi connectivity index (χ2v) is 5.91. The molecule has 1 aliphatic rings. The molecule has 120 valence electrons. The van der Waals surface area contributed by atoms with Gasteiger partial charge in [-0.2, -0.15) is 0 Å². The number of benzene rings is 1. The van der Waals surface area contributed by atoms with Crippen LogP contribution in [0.2, 0.25) is 0 Å². The highest BCUT2D eigenvalue weighted by Crippen LogP contribution is 2.17. The van der Waals surface area contributed by atoms with E-state index in [0.29, 0.717) is 25.0 Å². The van der Waals surface area contributed by atoms with E-state index in [-0.39, 0.29) is 5.91 Å². The first-order valence-electron chi connectivity index (χ1n) is 8.06. The molecule has 0 aliphatic heterocycles. The molecular weight excluding hydrogens is 276 g/mol. The first kappa shape index (κ1) is 16.3. The number of guanidine groups is 1. The van der Waals surface area contributed by atoms with Gasteiger partial charge in [0.2, 0.25) is 5.91 Å². The number of rotatable bonds is 5. The minimum atomic E-state index is 0.0683. The Bertz CT molecular complexity index is 504. The number of carbonyl (C=O) groups excluding carboxylic acids is 1. The molecule has 5 nitrogen and oxygen atoms in total. The zero-order valence-electron chi connectivity index (χ0n) is 13.3. The molecule has 1 fully saturated rings. The van der Waals surface area contributed by atoms with Gasteiger partial charge < -0.3 is 16.4 Å². The van der Waals surface area contributed by atoms with Crippen molar-refractivity contribution in [3.63, 3.8) is 0 Å². The van der Waals surface area contributed by atoms with E-state index in [9.17, 15) is 4.79 Å². The SMILES string of the molecule is Cc1ccc(NC(N)=NCCC(=O)NC2CCCCC2)cc1. The molecule has 5 heteroatoms. The number of aliphatic imine (C=N–C) groups is 1. The Balaban J connectivity index is 1.69. The predicted octanol–water partition coefficient (Wildman–Crippen LogP) is 2.56. The van der Waals surface area contributed by atoms with Gasteiger partial charge in [0, 0.05) is 18.2 Å². The lowest BCUT2D eigenvalue weighted by Crippen LogP contribution is -2.36. The van der Waals surface area contributed by atoms with Crippen LogP contribution in [0.3, 0.4) is 0 Å². The van der Waals surface area contributed by atoms with Crippen molar-refractivity contribution < 1.29 is 4.79 Å². The number of carbonyl (C=O) groups is 1. The van der Waals surface area contributed by atoms with E-state index in [2.05, 4.69) is 15.6 Å². The maximum atomic E-state index is 11.8. The van der Waals surface area contributed by atoms with Crippen molar-refractivity contribution in [2.24, 2.45) is 10.7 Å². The Morgan fingerprint density at radius 2 is 1.91 bits per heavy atom. The summed E-state index contributed by atoms with van der Waals surface area (Å²) in [6.07, 6.45) is 6.32. The molecule has 2 rings (SSSR count). The van der Waals surface area contributed by atoms with Crippen LogP contribution in [-0.4, -0.2) is 24.5 Å². The largest absolute Gasteiger partial charge is 0.370 e. The van der Waals surface area contributed by atoms with Crippen molar-refractivity contribution in [2.45, 2.75) is 51.5 Å². The van der Waals surface area contributed by atoms with Crippen LogP contribution >= 0.6 is 0 Å². The van der Waals surface area contributed by atoms with E-state index in [1.807, 2.05) is 31.2 Å². The lowest BCUT2D eigenvalue weighted by molar-refractivity contribution is -0.121. The van der Waals surface area contributed by atoms with Crippen LogP contribution in [-0.2, 0) is 4.79 Å². The molecule has 0 radical (unpaired) electrons. The third-order valence-electron chi connectivity index (χ3n) is 3.92. The van der Waals surface area contributed by atoms with Gasteiger partial charge in [0.1, 0.15) is 0 Å². The molecule has 1 saturated carbocycles. The van der Waals surface area contributed by atoms with Crippen LogP contribution in [0.25, 0.3) is 0 Å². The summed E-state index contributed by atoms with van der Waals surface area (Å²) in [7, 11) is 0. The summed E-state index contributed by atoms with van der Waals surface area (Å²) in [5, 5.41) is 6.10. The molecule has 0 atom stereocenters. The second-order valence-electron chi connectivity index (χ2n) is 5.91. The van der Waals surface area contributed by atoms with Gasteiger partial charge >= 0.3 is 0 Å². The minimum absolute atomic E-state index is 0.0683. The van der Waals surface area contributed by atoms with Crippen LogP contribution in [0, 0.1) is 6.92 Å². The van der Waals surface area contributed by atoms with Gasteiger partial charge in [0.15, 0.2) is 5.96 Å². The quantitative estimate of drug-likeness (QED) is 0.577. The number of anilines is 1. The number of hydrogen-bond donors (Lipinski definition) is 3. The Hall–Kier alpha value is -2.04. The molecule has 1 aromatic carbocycles. The van der Waals surface area contributed by atoms with Gasteiger partial charge in [0.25, 0.3) is 0 Å². The number of nitrogens with zero attached hydrogens (tertiary/aromatic N) is 1. The summed E-state index contributed by atoms with van der Waals surface area (Å²) in [6.45, 7) is 2.44. The van der Waals surface area contributed by atoms with Crippen molar-refractivity contribution in [3.8, 4) is 0 Å². The first-order chi connectivity index (χ1) is 10.6. The normalized spacial score (nSPS) is 16.3. The molecular formula is C17H26N4O. The van der Waals surface area contributed by atoms with E-state index in [1.165, 1.54) is 24.8 Å². The molecule has 1 aliphatic carbocycles. The molecule has 0 saturated heterocycles. The van der Waals surface area contributed by atoms with Gasteiger partial charge in [-0.05, 0) is 31.9 Å². The zero-order valence-corrected chi connectivity index (χ0v) is 13.3. The first-order valence-corrected chi connectivity index (χ1v) is 8.06. The summed E-state index contributed by atoms with van der Waals surface area (Å²) < 4.78 is 0. The van der Waals surface area contributed by atoms with Crippen molar-refractivity contribution in [2.75, 3.05) is 11.9 Å². The number of hydrogen-bond acceptors (Lipinski definition) is 2. The number of nitrogens with two attached hydrogens (primary N) is 1. The molecule has 0 unspecified atom stereocenters. The molecule has 1 aromatic rings. The van der Waals surface area contributed by atoms with E-state index < -0.39 is 0 Å². The van der Waals surface area contributed by atoms with Crippen LogP contribution in [0.15, 0.2) is 29.3 Å². The highest BCUT2D eigenvalue weighted by Gasteiger charge is 2.15. The van der Waals surface area contributed by atoms with Crippen molar-refractivity contribution >= 4 is 17.6 Å². The third-order valence-corrected chi connectivity index (χ3v) is 3.92. The topological polar surface area (TPSA) is 79.5 Å². The molecule has 0 aromatic heterocycles. The van der Waals surface area contributed by atoms with Gasteiger partial charge in [-0.15, -0.1) is 0 Å². The van der Waals surface area contributed by atoms with Gasteiger partial charge in [-0.1, -0.05) is 37.0 Å². The molecule has 4 N–H and O–H groups in total. The molecule has 1 amide bonds. The average Bonchev–Trinajstić information content (AvgIpc) is 2.50.